The smallest absolute Gasteiger partial charge is 0.134 e. The molecule has 0 aliphatic rings. The van der Waals surface area contributed by atoms with Gasteiger partial charge in [-0.1, -0.05) is 54.6 Å². The molecule has 0 amide bonds. The molecule has 0 aliphatic carbocycles. The van der Waals surface area contributed by atoms with E-state index in [0.717, 1.165) is 5.58 Å². The maximum absolute atomic E-state index is 5.47. The maximum Gasteiger partial charge on any atom is 0.134 e. The Morgan fingerprint density at radius 1 is 0.579 bits per heavy atom. The Balaban J connectivity index is 2.12. The number of benzene rings is 3. The minimum absolute atomic E-state index is 0.942. The second-order valence-electron chi connectivity index (χ2n) is 4.66. The third-order valence-corrected chi connectivity index (χ3v) is 3.58. The predicted octanol–water partition coefficient (Wildman–Crippen LogP) is 5.25. The first-order chi connectivity index (χ1) is 9.43. The molecule has 4 rings (SSSR count). The summed E-state index contributed by atoms with van der Waals surface area (Å²) >= 11 is 0. The first-order valence-electron chi connectivity index (χ1n) is 6.38. The van der Waals surface area contributed by atoms with Crippen molar-refractivity contribution in [2.24, 2.45) is 0 Å². The Morgan fingerprint density at radius 2 is 1.47 bits per heavy atom. The molecule has 90 valence electrons. The van der Waals surface area contributed by atoms with Crippen molar-refractivity contribution in [1.82, 2.24) is 0 Å². The van der Waals surface area contributed by atoms with Gasteiger partial charge in [0, 0.05) is 5.39 Å². The first kappa shape index (κ1) is 10.4. The van der Waals surface area contributed by atoms with Gasteiger partial charge in [-0.3, -0.25) is 0 Å². The summed E-state index contributed by atoms with van der Waals surface area (Å²) in [6.45, 7) is 0. The molecule has 0 aliphatic heterocycles. The number of hydrogen-bond acceptors (Lipinski definition) is 1. The van der Waals surface area contributed by atoms with E-state index in [0.29, 0.717) is 0 Å². The van der Waals surface area contributed by atoms with Crippen LogP contribution in [0, 0.1) is 0 Å². The normalized spacial score (nSPS) is 11.2. The molecule has 1 nitrogen and oxygen atoms in total. The lowest BCUT2D eigenvalue weighted by molar-refractivity contribution is 0.616. The van der Waals surface area contributed by atoms with Gasteiger partial charge < -0.3 is 4.42 Å². The monoisotopic (exact) mass is 244 g/mol. The molecule has 4 aromatic rings. The highest BCUT2D eigenvalue weighted by molar-refractivity contribution is 6.10. The molecule has 19 heavy (non-hydrogen) atoms. The van der Waals surface area contributed by atoms with Crippen molar-refractivity contribution >= 4 is 21.7 Å². The predicted molar refractivity (Wildman–Crippen MR) is 79.2 cm³/mol. The summed E-state index contributed by atoms with van der Waals surface area (Å²) in [4.78, 5) is 0. The van der Waals surface area contributed by atoms with Crippen LogP contribution in [0.15, 0.2) is 77.4 Å². The van der Waals surface area contributed by atoms with Crippen molar-refractivity contribution in [3.05, 3.63) is 73.0 Å². The average molecular weight is 244 g/mol. The quantitative estimate of drug-likeness (QED) is 0.445. The van der Waals surface area contributed by atoms with Crippen LogP contribution in [0.2, 0.25) is 0 Å². The molecule has 0 N–H and O–H groups in total. The molecular formula is C18H12O. The van der Waals surface area contributed by atoms with Gasteiger partial charge in [0.25, 0.3) is 0 Å². The highest BCUT2D eigenvalue weighted by atomic mass is 16.3. The lowest BCUT2D eigenvalue weighted by Gasteiger charge is -2.07. The fourth-order valence-corrected chi connectivity index (χ4v) is 2.68. The summed E-state index contributed by atoms with van der Waals surface area (Å²) in [5.74, 6) is 0. The van der Waals surface area contributed by atoms with Crippen molar-refractivity contribution in [1.29, 1.82) is 0 Å². The Kier molecular flexibility index (Phi) is 2.18. The average Bonchev–Trinajstić information content (AvgIpc) is 2.96. The van der Waals surface area contributed by atoms with Crippen LogP contribution in [-0.4, -0.2) is 0 Å². The lowest BCUT2D eigenvalue weighted by atomic mass is 9.97. The van der Waals surface area contributed by atoms with Crippen LogP contribution in [0.1, 0.15) is 0 Å². The standard InChI is InChI=1S/C18H12O/c1-2-5-13(6-3-1)14-7-4-8-15-16(14)9-10-18-17(15)11-12-19-18/h1-12H. The molecule has 0 spiro atoms. The first-order valence-corrected chi connectivity index (χ1v) is 6.38. The molecule has 0 radical (unpaired) electrons. The summed E-state index contributed by atoms with van der Waals surface area (Å²) in [7, 11) is 0. The summed E-state index contributed by atoms with van der Waals surface area (Å²) in [5.41, 5.74) is 3.45. The number of hydrogen-bond donors (Lipinski definition) is 0. The minimum atomic E-state index is 0.942. The fraction of sp³-hybridized carbons (Fsp3) is 0. The van der Waals surface area contributed by atoms with Gasteiger partial charge in [0.1, 0.15) is 5.58 Å². The van der Waals surface area contributed by atoms with E-state index in [1.165, 1.54) is 27.3 Å². The topological polar surface area (TPSA) is 13.1 Å². The Hall–Kier alpha value is -2.54. The largest absolute Gasteiger partial charge is 0.464 e. The lowest BCUT2D eigenvalue weighted by Crippen LogP contribution is -1.81. The van der Waals surface area contributed by atoms with Crippen molar-refractivity contribution in [2.75, 3.05) is 0 Å². The Morgan fingerprint density at radius 3 is 2.37 bits per heavy atom. The Bertz CT molecular complexity index is 857. The van der Waals surface area contributed by atoms with E-state index in [4.69, 9.17) is 4.42 Å². The molecule has 1 heteroatoms. The molecule has 3 aromatic carbocycles. The zero-order valence-electron chi connectivity index (χ0n) is 10.3. The van der Waals surface area contributed by atoms with Gasteiger partial charge in [0.15, 0.2) is 0 Å². The summed E-state index contributed by atoms with van der Waals surface area (Å²) in [5, 5.41) is 3.69. The number of furan rings is 1. The third kappa shape index (κ3) is 1.55. The zero-order chi connectivity index (χ0) is 12.7. The summed E-state index contributed by atoms with van der Waals surface area (Å²) in [6.07, 6.45) is 1.75. The molecule has 0 saturated carbocycles. The fourth-order valence-electron chi connectivity index (χ4n) is 2.68. The van der Waals surface area contributed by atoms with Crippen molar-refractivity contribution in [2.45, 2.75) is 0 Å². The van der Waals surface area contributed by atoms with Gasteiger partial charge in [-0.25, -0.2) is 0 Å². The van der Waals surface area contributed by atoms with E-state index < -0.39 is 0 Å². The SMILES string of the molecule is c1ccc(-c2cccc3c2ccc2occc23)cc1. The van der Waals surface area contributed by atoms with Crippen LogP contribution in [0.4, 0.5) is 0 Å². The van der Waals surface area contributed by atoms with Crippen LogP contribution in [0.5, 0.6) is 0 Å². The molecule has 0 bridgehead atoms. The summed E-state index contributed by atoms with van der Waals surface area (Å²) in [6, 6.07) is 23.1. The van der Waals surface area contributed by atoms with Crippen LogP contribution < -0.4 is 0 Å². The second kappa shape index (κ2) is 3.99. The van der Waals surface area contributed by atoms with Crippen LogP contribution in [0.25, 0.3) is 32.9 Å². The van der Waals surface area contributed by atoms with E-state index in [-0.39, 0.29) is 0 Å². The molecule has 0 unspecified atom stereocenters. The molecule has 0 saturated heterocycles. The van der Waals surface area contributed by atoms with Crippen LogP contribution in [-0.2, 0) is 0 Å². The van der Waals surface area contributed by atoms with Gasteiger partial charge in [-0.05, 0) is 34.0 Å². The van der Waals surface area contributed by atoms with E-state index in [1.54, 1.807) is 6.26 Å². The van der Waals surface area contributed by atoms with Crippen LogP contribution >= 0.6 is 0 Å². The Labute approximate surface area is 111 Å². The van der Waals surface area contributed by atoms with Crippen LogP contribution in [0.3, 0.4) is 0 Å². The number of fused-ring (bicyclic) bond motifs is 3. The molecule has 0 fully saturated rings. The van der Waals surface area contributed by atoms with E-state index in [1.807, 2.05) is 18.2 Å². The highest BCUT2D eigenvalue weighted by Crippen LogP contribution is 2.33. The van der Waals surface area contributed by atoms with E-state index >= 15 is 0 Å². The van der Waals surface area contributed by atoms with Gasteiger partial charge >= 0.3 is 0 Å². The van der Waals surface area contributed by atoms with E-state index in [2.05, 4.69) is 48.5 Å². The summed E-state index contributed by atoms with van der Waals surface area (Å²) < 4.78 is 5.47. The van der Waals surface area contributed by atoms with Crippen molar-refractivity contribution in [3.8, 4) is 11.1 Å². The third-order valence-electron chi connectivity index (χ3n) is 3.58. The van der Waals surface area contributed by atoms with Crippen molar-refractivity contribution in [3.63, 3.8) is 0 Å². The van der Waals surface area contributed by atoms with Gasteiger partial charge in [-0.15, -0.1) is 0 Å². The highest BCUT2D eigenvalue weighted by Gasteiger charge is 2.07. The van der Waals surface area contributed by atoms with E-state index in [9.17, 15) is 0 Å². The molecule has 1 heterocycles. The molecular weight excluding hydrogens is 232 g/mol. The van der Waals surface area contributed by atoms with Gasteiger partial charge in [0.05, 0.1) is 6.26 Å². The molecule has 1 aromatic heterocycles. The van der Waals surface area contributed by atoms with Gasteiger partial charge in [0.2, 0.25) is 0 Å². The minimum Gasteiger partial charge on any atom is -0.464 e. The molecule has 0 atom stereocenters. The van der Waals surface area contributed by atoms with Crippen molar-refractivity contribution < 1.29 is 4.42 Å². The van der Waals surface area contributed by atoms with Gasteiger partial charge in [-0.2, -0.15) is 0 Å². The zero-order valence-corrected chi connectivity index (χ0v) is 10.3. The maximum atomic E-state index is 5.47. The number of rotatable bonds is 1. The second-order valence-corrected chi connectivity index (χ2v) is 4.66.